The van der Waals surface area contributed by atoms with Gasteiger partial charge in [0.2, 0.25) is 0 Å². The average molecular weight is 325 g/mol. The number of halogens is 2. The van der Waals surface area contributed by atoms with E-state index in [-0.39, 0.29) is 0 Å². The number of rotatable bonds is 2. The highest BCUT2D eigenvalue weighted by Crippen LogP contribution is 2.14. The molecule has 3 heteroatoms. The van der Waals surface area contributed by atoms with Crippen LogP contribution in [0.15, 0.2) is 18.2 Å². The van der Waals surface area contributed by atoms with Crippen LogP contribution in [0.3, 0.4) is 0 Å². The highest BCUT2D eigenvalue weighted by Gasteiger charge is 1.99. The Kier molecular flexibility index (Phi) is 3.51. The Bertz CT molecular complexity index is 273. The van der Waals surface area contributed by atoms with Crippen molar-refractivity contribution in [2.75, 3.05) is 0 Å². The molecule has 0 atom stereocenters. The number of benzene rings is 1. The lowest BCUT2D eigenvalue weighted by atomic mass is 10.1. The molecule has 1 aromatic carbocycles. The molecular weight excluding hydrogens is 319 g/mol. The van der Waals surface area contributed by atoms with E-state index < -0.39 is 0 Å². The molecule has 0 radical (unpaired) electrons. The van der Waals surface area contributed by atoms with Gasteiger partial charge in [-0.3, -0.25) is 4.79 Å². The van der Waals surface area contributed by atoms with Crippen LogP contribution in [0.5, 0.6) is 0 Å². The summed E-state index contributed by atoms with van der Waals surface area (Å²) < 4.78 is 1.16. The highest BCUT2D eigenvalue weighted by atomic mass is 127. The van der Waals surface area contributed by atoms with Crippen molar-refractivity contribution < 1.29 is 4.79 Å². The summed E-state index contributed by atoms with van der Waals surface area (Å²) in [6.07, 6.45) is 0.882. The lowest BCUT2D eigenvalue weighted by Gasteiger charge is -1.99. The monoisotopic (exact) mass is 324 g/mol. The van der Waals surface area contributed by atoms with Gasteiger partial charge in [0.25, 0.3) is 0 Å². The van der Waals surface area contributed by atoms with Crippen molar-refractivity contribution in [3.63, 3.8) is 0 Å². The summed E-state index contributed by atoms with van der Waals surface area (Å²) >= 11 is 5.55. The van der Waals surface area contributed by atoms with Crippen molar-refractivity contribution in [3.05, 3.63) is 32.9 Å². The van der Waals surface area contributed by atoms with E-state index in [0.29, 0.717) is 0 Å². The van der Waals surface area contributed by atoms with Crippen LogP contribution < -0.4 is 0 Å². The van der Waals surface area contributed by atoms with Crippen molar-refractivity contribution in [2.45, 2.75) is 5.33 Å². The fourth-order valence-electron chi connectivity index (χ4n) is 0.805. The third-order valence-electron chi connectivity index (χ3n) is 1.38. The van der Waals surface area contributed by atoms with Crippen LogP contribution in [-0.2, 0) is 5.33 Å². The Morgan fingerprint density at radius 1 is 1.55 bits per heavy atom. The van der Waals surface area contributed by atoms with Gasteiger partial charge in [-0.2, -0.15) is 0 Å². The maximum absolute atomic E-state index is 10.5. The first-order chi connectivity index (χ1) is 5.27. The molecule has 0 aliphatic carbocycles. The molecule has 0 aliphatic heterocycles. The Balaban J connectivity index is 3.16. The number of hydrogen-bond acceptors (Lipinski definition) is 1. The van der Waals surface area contributed by atoms with Crippen molar-refractivity contribution >= 4 is 44.8 Å². The molecule has 1 rings (SSSR count). The van der Waals surface area contributed by atoms with Crippen LogP contribution in [0.4, 0.5) is 0 Å². The predicted octanol–water partition coefficient (Wildman–Crippen LogP) is 3.00. The molecule has 0 N–H and O–H groups in total. The highest BCUT2D eigenvalue weighted by molar-refractivity contribution is 14.1. The van der Waals surface area contributed by atoms with Crippen LogP contribution >= 0.6 is 38.5 Å². The second-order valence-corrected chi connectivity index (χ2v) is 3.90. The Morgan fingerprint density at radius 3 is 2.82 bits per heavy atom. The van der Waals surface area contributed by atoms with Crippen LogP contribution in [-0.4, -0.2) is 6.29 Å². The molecule has 0 bridgehead atoms. The zero-order valence-corrected chi connectivity index (χ0v) is 9.42. The van der Waals surface area contributed by atoms with E-state index >= 15 is 0 Å². The topological polar surface area (TPSA) is 17.1 Å². The zero-order valence-electron chi connectivity index (χ0n) is 5.68. The predicted molar refractivity (Wildman–Crippen MR) is 57.2 cm³/mol. The van der Waals surface area contributed by atoms with Gasteiger partial charge in [-0.25, -0.2) is 0 Å². The van der Waals surface area contributed by atoms with Crippen LogP contribution in [0.25, 0.3) is 0 Å². The van der Waals surface area contributed by atoms with Gasteiger partial charge >= 0.3 is 0 Å². The molecule has 0 spiro atoms. The van der Waals surface area contributed by atoms with E-state index in [4.69, 9.17) is 0 Å². The maximum Gasteiger partial charge on any atom is 0.150 e. The molecule has 0 unspecified atom stereocenters. The average Bonchev–Trinajstić information content (AvgIpc) is 2.04. The molecule has 58 valence electrons. The summed E-state index contributed by atoms with van der Waals surface area (Å²) in [4.78, 5) is 10.5. The maximum atomic E-state index is 10.5. The molecule has 1 nitrogen and oxygen atoms in total. The molecule has 0 saturated carbocycles. The minimum absolute atomic E-state index is 0.734. The first-order valence-electron chi connectivity index (χ1n) is 3.07. The normalized spacial score (nSPS) is 9.64. The molecule has 11 heavy (non-hydrogen) atoms. The summed E-state index contributed by atoms with van der Waals surface area (Å²) in [5.41, 5.74) is 1.81. The first kappa shape index (κ1) is 9.19. The van der Waals surface area contributed by atoms with Gasteiger partial charge in [0.15, 0.2) is 0 Å². The molecule has 0 heterocycles. The summed E-state index contributed by atoms with van der Waals surface area (Å²) in [5.74, 6) is 0. The molecule has 1 aromatic rings. The van der Waals surface area contributed by atoms with Gasteiger partial charge in [-0.05, 0) is 40.3 Å². The number of hydrogen-bond donors (Lipinski definition) is 0. The van der Waals surface area contributed by atoms with Gasteiger partial charge in [-0.15, -0.1) is 0 Å². The zero-order chi connectivity index (χ0) is 8.27. The molecule has 0 saturated heterocycles. The van der Waals surface area contributed by atoms with Gasteiger partial charge in [0.1, 0.15) is 6.29 Å². The third kappa shape index (κ3) is 2.27. The van der Waals surface area contributed by atoms with Crippen LogP contribution in [0.1, 0.15) is 15.9 Å². The summed E-state index contributed by atoms with van der Waals surface area (Å²) in [5, 5.41) is 0.734. The SMILES string of the molecule is O=Cc1ccc(I)cc1CBr. The number of alkyl halides is 1. The smallest absolute Gasteiger partial charge is 0.150 e. The van der Waals surface area contributed by atoms with E-state index in [1.165, 1.54) is 0 Å². The van der Waals surface area contributed by atoms with Gasteiger partial charge in [-0.1, -0.05) is 22.0 Å². The summed E-state index contributed by atoms with van der Waals surface area (Å²) in [6.45, 7) is 0. The van der Waals surface area contributed by atoms with E-state index in [0.717, 1.165) is 26.3 Å². The van der Waals surface area contributed by atoms with Crippen molar-refractivity contribution in [3.8, 4) is 0 Å². The molecule has 0 aliphatic rings. The van der Waals surface area contributed by atoms with Crippen LogP contribution in [0, 0.1) is 3.57 Å². The fraction of sp³-hybridized carbons (Fsp3) is 0.125. The summed E-state index contributed by atoms with van der Waals surface area (Å²) in [6, 6.07) is 5.76. The molecular formula is C8H6BrIO. The second kappa shape index (κ2) is 4.21. The van der Waals surface area contributed by atoms with E-state index in [1.807, 2.05) is 18.2 Å². The first-order valence-corrected chi connectivity index (χ1v) is 5.27. The molecule has 0 fully saturated rings. The van der Waals surface area contributed by atoms with Gasteiger partial charge in [0, 0.05) is 14.5 Å². The van der Waals surface area contributed by atoms with Crippen LogP contribution in [0.2, 0.25) is 0 Å². The number of aldehydes is 1. The molecule has 0 amide bonds. The van der Waals surface area contributed by atoms with Gasteiger partial charge in [0.05, 0.1) is 0 Å². The van der Waals surface area contributed by atoms with E-state index in [2.05, 4.69) is 38.5 Å². The Morgan fingerprint density at radius 2 is 2.27 bits per heavy atom. The minimum atomic E-state index is 0.734. The second-order valence-electron chi connectivity index (χ2n) is 2.09. The standard InChI is InChI=1S/C8H6BrIO/c9-4-7-3-8(10)2-1-6(7)5-11/h1-3,5H,4H2. The van der Waals surface area contributed by atoms with E-state index in [9.17, 15) is 4.79 Å². The Labute approximate surface area is 87.5 Å². The Hall–Kier alpha value is 0.1000. The van der Waals surface area contributed by atoms with Gasteiger partial charge < -0.3 is 0 Å². The summed E-state index contributed by atoms with van der Waals surface area (Å²) in [7, 11) is 0. The lowest BCUT2D eigenvalue weighted by molar-refractivity contribution is 0.112. The largest absolute Gasteiger partial charge is 0.298 e. The van der Waals surface area contributed by atoms with Crippen molar-refractivity contribution in [1.29, 1.82) is 0 Å². The molecule has 0 aromatic heterocycles. The quantitative estimate of drug-likeness (QED) is 0.464. The number of carbonyl (C=O) groups excluding carboxylic acids is 1. The third-order valence-corrected chi connectivity index (χ3v) is 2.65. The van der Waals surface area contributed by atoms with E-state index in [1.54, 1.807) is 0 Å². The lowest BCUT2D eigenvalue weighted by Crippen LogP contribution is -1.89. The minimum Gasteiger partial charge on any atom is -0.298 e. The van der Waals surface area contributed by atoms with Crippen molar-refractivity contribution in [2.24, 2.45) is 0 Å². The van der Waals surface area contributed by atoms with Crippen molar-refractivity contribution in [1.82, 2.24) is 0 Å². The fourth-order valence-corrected chi connectivity index (χ4v) is 1.85. The number of carbonyl (C=O) groups is 1.